The summed E-state index contributed by atoms with van der Waals surface area (Å²) < 4.78 is 11.7. The first-order valence-electron chi connectivity index (χ1n) is 5.16. The Labute approximate surface area is 105 Å². The van der Waals surface area contributed by atoms with E-state index < -0.39 is 6.04 Å². The molecule has 3 N–H and O–H groups in total. The molecule has 0 bridgehead atoms. The molecule has 0 aliphatic rings. The van der Waals surface area contributed by atoms with E-state index in [2.05, 4.69) is 15.9 Å². The number of furan rings is 2. The number of benzene rings is 1. The van der Waals surface area contributed by atoms with Gasteiger partial charge in [-0.15, -0.1) is 0 Å². The monoisotopic (exact) mass is 295 g/mol. The van der Waals surface area contributed by atoms with Gasteiger partial charge in [0.2, 0.25) is 0 Å². The maximum absolute atomic E-state index is 9.24. The number of hydrogen-bond donors (Lipinski definition) is 2. The highest BCUT2D eigenvalue weighted by Crippen LogP contribution is 2.39. The Balaban J connectivity index is 2.52. The molecular formula is C12H10BrNO3. The summed E-state index contributed by atoms with van der Waals surface area (Å²) in [6, 6.07) is 3.18. The first-order valence-corrected chi connectivity index (χ1v) is 5.95. The zero-order chi connectivity index (χ0) is 12.0. The molecule has 3 aromatic rings. The lowest BCUT2D eigenvalue weighted by Gasteiger charge is -2.11. The third-order valence-corrected chi connectivity index (χ3v) is 3.66. The van der Waals surface area contributed by atoms with Crippen LogP contribution in [0.15, 0.2) is 38.0 Å². The van der Waals surface area contributed by atoms with Gasteiger partial charge in [0, 0.05) is 16.3 Å². The van der Waals surface area contributed by atoms with E-state index >= 15 is 0 Å². The highest BCUT2D eigenvalue weighted by Gasteiger charge is 2.20. The average Bonchev–Trinajstić information content (AvgIpc) is 2.96. The van der Waals surface area contributed by atoms with E-state index in [9.17, 15) is 5.11 Å². The molecule has 5 heteroatoms. The van der Waals surface area contributed by atoms with Gasteiger partial charge in [-0.05, 0) is 28.1 Å². The summed E-state index contributed by atoms with van der Waals surface area (Å²) in [6.45, 7) is -0.141. The Kier molecular flexibility index (Phi) is 2.47. The van der Waals surface area contributed by atoms with Crippen LogP contribution in [0.1, 0.15) is 11.6 Å². The van der Waals surface area contributed by atoms with Gasteiger partial charge in [-0.2, -0.15) is 0 Å². The molecule has 0 aliphatic heterocycles. The van der Waals surface area contributed by atoms with Crippen molar-refractivity contribution in [2.75, 3.05) is 6.61 Å². The molecule has 1 unspecified atom stereocenters. The van der Waals surface area contributed by atoms with Crippen LogP contribution in [-0.2, 0) is 0 Å². The second-order valence-electron chi connectivity index (χ2n) is 3.84. The minimum atomic E-state index is -0.489. The topological polar surface area (TPSA) is 72.5 Å². The van der Waals surface area contributed by atoms with Crippen LogP contribution in [0.2, 0.25) is 0 Å². The van der Waals surface area contributed by atoms with Gasteiger partial charge in [0.1, 0.15) is 11.2 Å². The van der Waals surface area contributed by atoms with Crippen LogP contribution in [0.5, 0.6) is 0 Å². The molecule has 1 aromatic carbocycles. The molecule has 2 aromatic heterocycles. The quantitative estimate of drug-likeness (QED) is 0.762. The summed E-state index contributed by atoms with van der Waals surface area (Å²) in [4.78, 5) is 0. The van der Waals surface area contributed by atoms with Gasteiger partial charge in [0.15, 0.2) is 0 Å². The third-order valence-electron chi connectivity index (χ3n) is 2.87. The molecule has 3 rings (SSSR count). The summed E-state index contributed by atoms with van der Waals surface area (Å²) in [5.74, 6) is 0. The molecular weight excluding hydrogens is 286 g/mol. The van der Waals surface area contributed by atoms with Crippen molar-refractivity contribution in [3.05, 3.63) is 34.7 Å². The summed E-state index contributed by atoms with van der Waals surface area (Å²) in [5.41, 5.74) is 8.11. The van der Waals surface area contributed by atoms with Crippen molar-refractivity contribution in [1.82, 2.24) is 0 Å². The predicted molar refractivity (Wildman–Crippen MR) is 67.7 cm³/mol. The highest BCUT2D eigenvalue weighted by atomic mass is 79.9. The number of rotatable bonds is 2. The lowest BCUT2D eigenvalue weighted by molar-refractivity contribution is 0.268. The molecule has 4 nitrogen and oxygen atoms in total. The van der Waals surface area contributed by atoms with Gasteiger partial charge in [-0.25, -0.2) is 0 Å². The summed E-state index contributed by atoms with van der Waals surface area (Å²) in [5, 5.41) is 11.0. The maximum Gasteiger partial charge on any atom is 0.149 e. The molecule has 0 radical (unpaired) electrons. The van der Waals surface area contributed by atoms with Gasteiger partial charge < -0.3 is 19.7 Å². The molecule has 0 aliphatic carbocycles. The Morgan fingerprint density at radius 3 is 2.53 bits per heavy atom. The summed E-state index contributed by atoms with van der Waals surface area (Å²) in [7, 11) is 0. The van der Waals surface area contributed by atoms with Crippen molar-refractivity contribution in [2.45, 2.75) is 6.04 Å². The largest absolute Gasteiger partial charge is 0.464 e. The number of halogens is 1. The van der Waals surface area contributed by atoms with E-state index in [1.54, 1.807) is 12.5 Å². The van der Waals surface area contributed by atoms with Crippen LogP contribution in [-0.4, -0.2) is 11.7 Å². The van der Waals surface area contributed by atoms with E-state index in [1.165, 1.54) is 0 Å². The molecule has 0 spiro atoms. The normalized spacial score (nSPS) is 13.6. The molecule has 17 heavy (non-hydrogen) atoms. The Morgan fingerprint density at radius 2 is 1.82 bits per heavy atom. The van der Waals surface area contributed by atoms with Crippen LogP contribution >= 0.6 is 15.9 Å². The minimum Gasteiger partial charge on any atom is -0.464 e. The molecule has 0 saturated heterocycles. The minimum absolute atomic E-state index is 0.141. The molecule has 2 heterocycles. The van der Waals surface area contributed by atoms with Crippen molar-refractivity contribution in [3.8, 4) is 0 Å². The van der Waals surface area contributed by atoms with Crippen LogP contribution in [0.3, 0.4) is 0 Å². The summed E-state index contributed by atoms with van der Waals surface area (Å²) in [6.07, 6.45) is 3.20. The number of aliphatic hydroxyl groups is 1. The highest BCUT2D eigenvalue weighted by molar-refractivity contribution is 9.10. The maximum atomic E-state index is 9.24. The van der Waals surface area contributed by atoms with E-state index in [1.807, 2.05) is 12.1 Å². The predicted octanol–water partition coefficient (Wildman–Crippen LogP) is 2.93. The van der Waals surface area contributed by atoms with Crippen molar-refractivity contribution in [1.29, 1.82) is 0 Å². The molecule has 0 fully saturated rings. The molecule has 0 amide bonds. The van der Waals surface area contributed by atoms with Crippen LogP contribution in [0, 0.1) is 0 Å². The fourth-order valence-electron chi connectivity index (χ4n) is 2.09. The average molecular weight is 296 g/mol. The first kappa shape index (κ1) is 10.8. The second-order valence-corrected chi connectivity index (χ2v) is 4.64. The fourth-order valence-corrected chi connectivity index (χ4v) is 2.71. The van der Waals surface area contributed by atoms with Crippen molar-refractivity contribution in [2.24, 2.45) is 5.73 Å². The summed E-state index contributed by atoms with van der Waals surface area (Å²) >= 11 is 3.49. The van der Waals surface area contributed by atoms with Crippen molar-refractivity contribution in [3.63, 3.8) is 0 Å². The standard InChI is InChI=1S/C12H10BrNO3/c13-10-7-2-4-16-11(7)9(8(14)5-15)6-1-3-17-12(6)10/h1-4,8,15H,5,14H2. The molecule has 0 saturated carbocycles. The van der Waals surface area contributed by atoms with Gasteiger partial charge in [0.25, 0.3) is 0 Å². The molecule has 88 valence electrons. The van der Waals surface area contributed by atoms with Crippen molar-refractivity contribution >= 4 is 37.9 Å². The fraction of sp³-hybridized carbons (Fsp3) is 0.167. The number of hydrogen-bond acceptors (Lipinski definition) is 4. The Bertz CT molecular complexity index is 634. The lowest BCUT2D eigenvalue weighted by atomic mass is 10.0. The number of fused-ring (bicyclic) bond motifs is 2. The van der Waals surface area contributed by atoms with E-state index in [-0.39, 0.29) is 6.61 Å². The zero-order valence-corrected chi connectivity index (χ0v) is 10.4. The van der Waals surface area contributed by atoms with Crippen LogP contribution in [0.25, 0.3) is 21.9 Å². The first-order chi connectivity index (χ1) is 8.24. The Morgan fingerprint density at radius 1 is 1.18 bits per heavy atom. The SMILES string of the molecule is NC(CO)c1c2ccoc2c(Br)c2ccoc12. The van der Waals surface area contributed by atoms with Gasteiger partial charge in [-0.1, -0.05) is 0 Å². The number of nitrogens with two attached hydrogens (primary N) is 1. The van der Waals surface area contributed by atoms with E-state index in [4.69, 9.17) is 14.6 Å². The van der Waals surface area contributed by atoms with Gasteiger partial charge in [-0.3, -0.25) is 0 Å². The Hall–Kier alpha value is -1.30. The van der Waals surface area contributed by atoms with E-state index in [0.717, 1.165) is 26.4 Å². The zero-order valence-electron chi connectivity index (χ0n) is 8.81. The van der Waals surface area contributed by atoms with Crippen molar-refractivity contribution < 1.29 is 13.9 Å². The lowest BCUT2D eigenvalue weighted by Crippen LogP contribution is -2.15. The second kappa shape index (κ2) is 3.87. The third kappa shape index (κ3) is 1.43. The smallest absolute Gasteiger partial charge is 0.149 e. The molecule has 1 atom stereocenters. The number of aliphatic hydroxyl groups excluding tert-OH is 1. The van der Waals surface area contributed by atoms with E-state index in [0.29, 0.717) is 5.58 Å². The van der Waals surface area contributed by atoms with Crippen LogP contribution in [0.4, 0.5) is 0 Å². The van der Waals surface area contributed by atoms with Crippen LogP contribution < -0.4 is 5.73 Å². The van der Waals surface area contributed by atoms with Gasteiger partial charge >= 0.3 is 0 Å². The van der Waals surface area contributed by atoms with Gasteiger partial charge in [0.05, 0.1) is 29.6 Å².